The van der Waals surface area contributed by atoms with Crippen LogP contribution in [0.4, 0.5) is 18.9 Å². The van der Waals surface area contributed by atoms with Gasteiger partial charge in [-0.2, -0.15) is 0 Å². The van der Waals surface area contributed by atoms with Crippen LogP contribution in [0.2, 0.25) is 0 Å². The van der Waals surface area contributed by atoms with E-state index in [9.17, 15) is 22.8 Å². The van der Waals surface area contributed by atoms with Gasteiger partial charge >= 0.3 is 0 Å². The highest BCUT2D eigenvalue weighted by atomic mass is 19.2. The molecule has 1 atom stereocenters. The minimum atomic E-state index is -1.65. The molecule has 5 nitrogen and oxygen atoms in total. The molecule has 0 fully saturated rings. The third-order valence-corrected chi connectivity index (χ3v) is 3.72. The number of nitrogens with one attached hydrogen (secondary N) is 2. The van der Waals surface area contributed by atoms with E-state index < -0.39 is 29.0 Å². The zero-order chi connectivity index (χ0) is 19.9. The Balaban J connectivity index is 2.45. The maximum atomic E-state index is 13.5. The van der Waals surface area contributed by atoms with Crippen molar-refractivity contribution in [3.8, 4) is 0 Å². The van der Waals surface area contributed by atoms with Crippen molar-refractivity contribution in [2.75, 3.05) is 25.5 Å². The van der Waals surface area contributed by atoms with Crippen LogP contribution in [0.25, 0.3) is 0 Å². The predicted molar refractivity (Wildman–Crippen MR) is 94.1 cm³/mol. The van der Waals surface area contributed by atoms with Gasteiger partial charge in [0.15, 0.2) is 17.5 Å². The van der Waals surface area contributed by atoms with E-state index >= 15 is 0 Å². The molecule has 0 saturated carbocycles. The highest BCUT2D eigenvalue weighted by Crippen LogP contribution is 2.19. The lowest BCUT2D eigenvalue weighted by atomic mass is 10.0. The molecule has 1 aromatic rings. The average molecular weight is 373 g/mol. The first-order valence-corrected chi connectivity index (χ1v) is 8.51. The molecular formula is C18H26F3N3O2. The minimum absolute atomic E-state index is 0.0142. The smallest absolute Gasteiger partial charge is 0.238 e. The van der Waals surface area contributed by atoms with Crippen LogP contribution < -0.4 is 10.6 Å². The Morgan fingerprint density at radius 1 is 1.00 bits per heavy atom. The van der Waals surface area contributed by atoms with E-state index in [2.05, 4.69) is 24.5 Å². The monoisotopic (exact) mass is 373 g/mol. The lowest BCUT2D eigenvalue weighted by Crippen LogP contribution is -2.42. The number of nitrogens with zero attached hydrogens (tertiary/aromatic N) is 1. The molecule has 8 heteroatoms. The maximum Gasteiger partial charge on any atom is 0.238 e. The van der Waals surface area contributed by atoms with Crippen molar-refractivity contribution in [3.05, 3.63) is 29.6 Å². The normalized spacial score (nSPS) is 12.3. The van der Waals surface area contributed by atoms with Gasteiger partial charge < -0.3 is 10.6 Å². The lowest BCUT2D eigenvalue weighted by molar-refractivity contribution is -0.123. The summed E-state index contributed by atoms with van der Waals surface area (Å²) in [6.45, 7) is 5.91. The summed E-state index contributed by atoms with van der Waals surface area (Å²) in [5.41, 5.74) is -0.450. The van der Waals surface area contributed by atoms with Crippen molar-refractivity contribution in [2.45, 2.75) is 39.7 Å². The molecule has 0 spiro atoms. The Morgan fingerprint density at radius 2 is 1.62 bits per heavy atom. The molecule has 0 aliphatic rings. The lowest BCUT2D eigenvalue weighted by Gasteiger charge is -2.19. The Bertz CT molecular complexity index is 638. The van der Waals surface area contributed by atoms with E-state index in [1.807, 2.05) is 6.92 Å². The summed E-state index contributed by atoms with van der Waals surface area (Å²) < 4.78 is 39.6. The summed E-state index contributed by atoms with van der Waals surface area (Å²) >= 11 is 0. The maximum absolute atomic E-state index is 13.5. The molecule has 0 heterocycles. The van der Waals surface area contributed by atoms with E-state index in [1.165, 1.54) is 4.90 Å². The largest absolute Gasteiger partial charge is 0.353 e. The summed E-state index contributed by atoms with van der Waals surface area (Å²) in [7, 11) is 1.56. The van der Waals surface area contributed by atoms with Gasteiger partial charge in [0.25, 0.3) is 0 Å². The van der Waals surface area contributed by atoms with Gasteiger partial charge in [-0.05, 0) is 44.9 Å². The van der Waals surface area contributed by atoms with E-state index in [0.29, 0.717) is 5.92 Å². The van der Waals surface area contributed by atoms with Crippen LogP contribution in [0.15, 0.2) is 12.1 Å². The second-order valence-corrected chi connectivity index (χ2v) is 6.88. The first-order chi connectivity index (χ1) is 12.1. The SMILES string of the molecule is CC(C)CC[C@H](C)NC(=O)CN(C)CC(=O)Nc1ccc(F)c(F)c1F. The topological polar surface area (TPSA) is 61.4 Å². The van der Waals surface area contributed by atoms with Gasteiger partial charge in [0.1, 0.15) is 0 Å². The van der Waals surface area contributed by atoms with Gasteiger partial charge in [-0.3, -0.25) is 14.5 Å². The van der Waals surface area contributed by atoms with Crippen LogP contribution >= 0.6 is 0 Å². The predicted octanol–water partition coefficient (Wildman–Crippen LogP) is 2.92. The van der Waals surface area contributed by atoms with Crippen LogP contribution in [0.5, 0.6) is 0 Å². The number of hydrogen-bond acceptors (Lipinski definition) is 3. The fraction of sp³-hybridized carbons (Fsp3) is 0.556. The number of likely N-dealkylation sites (N-methyl/N-ethyl adjacent to an activating group) is 1. The summed E-state index contributed by atoms with van der Waals surface area (Å²) in [4.78, 5) is 25.3. The van der Waals surface area contributed by atoms with Crippen LogP contribution in [0, 0.1) is 23.4 Å². The molecule has 0 unspecified atom stereocenters. The van der Waals surface area contributed by atoms with E-state index in [0.717, 1.165) is 25.0 Å². The second kappa shape index (κ2) is 10.2. The standard InChI is InChI=1S/C18H26F3N3O2/c1-11(2)5-6-12(3)22-15(25)9-24(4)10-16(26)23-14-8-7-13(19)17(20)18(14)21/h7-8,11-12H,5-6,9-10H2,1-4H3,(H,22,25)(H,23,26)/t12-/m0/s1. The van der Waals surface area contributed by atoms with Crippen molar-refractivity contribution >= 4 is 17.5 Å². The van der Waals surface area contributed by atoms with Gasteiger partial charge in [0, 0.05) is 6.04 Å². The van der Waals surface area contributed by atoms with Gasteiger partial charge in [-0.15, -0.1) is 0 Å². The summed E-state index contributed by atoms with van der Waals surface area (Å²) in [6.07, 6.45) is 1.86. The van der Waals surface area contributed by atoms with Crippen LogP contribution in [-0.2, 0) is 9.59 Å². The number of carbonyl (C=O) groups is 2. The van der Waals surface area contributed by atoms with Crippen molar-refractivity contribution < 1.29 is 22.8 Å². The van der Waals surface area contributed by atoms with Gasteiger partial charge in [0.2, 0.25) is 11.8 Å². The highest BCUT2D eigenvalue weighted by molar-refractivity contribution is 5.92. The first kappa shape index (κ1) is 22.0. The van der Waals surface area contributed by atoms with E-state index in [-0.39, 0.29) is 25.0 Å². The van der Waals surface area contributed by atoms with Crippen molar-refractivity contribution in [1.82, 2.24) is 10.2 Å². The van der Waals surface area contributed by atoms with E-state index in [1.54, 1.807) is 7.05 Å². The molecule has 0 radical (unpaired) electrons. The number of rotatable bonds is 9. The number of anilines is 1. The molecule has 0 aliphatic carbocycles. The molecule has 146 valence electrons. The number of amides is 2. The third kappa shape index (κ3) is 7.43. The molecule has 2 N–H and O–H groups in total. The Hall–Kier alpha value is -2.09. The number of hydrogen-bond donors (Lipinski definition) is 2. The number of benzene rings is 1. The molecule has 0 bridgehead atoms. The third-order valence-electron chi connectivity index (χ3n) is 3.72. The molecule has 1 aromatic carbocycles. The summed E-state index contributed by atoms with van der Waals surface area (Å²) in [5, 5.41) is 5.01. The fourth-order valence-corrected chi connectivity index (χ4v) is 2.33. The van der Waals surface area contributed by atoms with Crippen molar-refractivity contribution in [3.63, 3.8) is 0 Å². The molecule has 0 saturated heterocycles. The zero-order valence-electron chi connectivity index (χ0n) is 15.5. The molecule has 1 rings (SSSR count). The Kier molecular flexibility index (Phi) is 8.57. The first-order valence-electron chi connectivity index (χ1n) is 8.51. The van der Waals surface area contributed by atoms with Crippen LogP contribution in [-0.4, -0.2) is 42.9 Å². The van der Waals surface area contributed by atoms with Crippen LogP contribution in [0.1, 0.15) is 33.6 Å². The number of halogens is 3. The summed E-state index contributed by atoms with van der Waals surface area (Å²) in [6, 6.07) is 1.70. The average Bonchev–Trinajstić information content (AvgIpc) is 2.53. The fourth-order valence-electron chi connectivity index (χ4n) is 2.33. The zero-order valence-corrected chi connectivity index (χ0v) is 15.5. The number of carbonyl (C=O) groups excluding carboxylic acids is 2. The van der Waals surface area contributed by atoms with Gasteiger partial charge in [-0.1, -0.05) is 13.8 Å². The minimum Gasteiger partial charge on any atom is -0.353 e. The van der Waals surface area contributed by atoms with Crippen molar-refractivity contribution in [2.24, 2.45) is 5.92 Å². The van der Waals surface area contributed by atoms with Gasteiger partial charge in [0.05, 0.1) is 18.8 Å². The van der Waals surface area contributed by atoms with Gasteiger partial charge in [-0.25, -0.2) is 13.2 Å². The summed E-state index contributed by atoms with van der Waals surface area (Å²) in [5.74, 6) is -4.75. The molecule has 26 heavy (non-hydrogen) atoms. The molecule has 0 aliphatic heterocycles. The Labute approximate surface area is 151 Å². The molecular weight excluding hydrogens is 347 g/mol. The highest BCUT2D eigenvalue weighted by Gasteiger charge is 2.17. The van der Waals surface area contributed by atoms with Crippen LogP contribution in [0.3, 0.4) is 0 Å². The quantitative estimate of drug-likeness (QED) is 0.655. The van der Waals surface area contributed by atoms with E-state index in [4.69, 9.17) is 0 Å². The Morgan fingerprint density at radius 3 is 2.23 bits per heavy atom. The molecule has 2 amide bonds. The second-order valence-electron chi connectivity index (χ2n) is 6.88. The van der Waals surface area contributed by atoms with Crippen molar-refractivity contribution in [1.29, 1.82) is 0 Å². The molecule has 0 aromatic heterocycles.